The van der Waals surface area contributed by atoms with Crippen LogP contribution in [-0.2, 0) is 6.42 Å². The fourth-order valence-corrected chi connectivity index (χ4v) is 1.86. The first-order valence-electron chi connectivity index (χ1n) is 5.54. The van der Waals surface area contributed by atoms with Gasteiger partial charge in [-0.15, -0.1) is 0 Å². The summed E-state index contributed by atoms with van der Waals surface area (Å²) in [5, 5.41) is 0.772. The van der Waals surface area contributed by atoms with Crippen molar-refractivity contribution in [3.63, 3.8) is 0 Å². The maximum atomic E-state index is 6.15. The molecule has 0 bridgehead atoms. The minimum Gasteiger partial charge on any atom is -0.497 e. The standard InChI is InChI=1S/C13H20ClNO/c1-13(2,15)8-4-5-10-6-7-11(16-3)9-12(10)14/h6-7,9H,4-5,8,15H2,1-3H3. The van der Waals surface area contributed by atoms with Crippen LogP contribution in [0.25, 0.3) is 0 Å². The van der Waals surface area contributed by atoms with Crippen LogP contribution in [0.5, 0.6) is 5.75 Å². The van der Waals surface area contributed by atoms with Crippen molar-refractivity contribution in [2.75, 3.05) is 7.11 Å². The molecule has 0 atom stereocenters. The number of methoxy groups -OCH3 is 1. The molecule has 0 amide bonds. The summed E-state index contributed by atoms with van der Waals surface area (Å²) in [6.45, 7) is 4.09. The molecule has 0 saturated heterocycles. The number of rotatable bonds is 5. The third kappa shape index (κ3) is 4.42. The SMILES string of the molecule is COc1ccc(CCCC(C)(C)N)c(Cl)c1. The highest BCUT2D eigenvalue weighted by molar-refractivity contribution is 6.31. The lowest BCUT2D eigenvalue weighted by molar-refractivity contribution is 0.414. The Morgan fingerprint density at radius 2 is 2.06 bits per heavy atom. The van der Waals surface area contributed by atoms with Crippen molar-refractivity contribution in [1.29, 1.82) is 0 Å². The lowest BCUT2D eigenvalue weighted by atomic mass is 9.97. The van der Waals surface area contributed by atoms with E-state index >= 15 is 0 Å². The van der Waals surface area contributed by atoms with E-state index in [-0.39, 0.29) is 5.54 Å². The van der Waals surface area contributed by atoms with Crippen LogP contribution in [0.3, 0.4) is 0 Å². The third-order valence-corrected chi connectivity index (χ3v) is 2.88. The van der Waals surface area contributed by atoms with Gasteiger partial charge in [0.1, 0.15) is 5.75 Å². The quantitative estimate of drug-likeness (QED) is 0.858. The van der Waals surface area contributed by atoms with E-state index in [0.29, 0.717) is 0 Å². The smallest absolute Gasteiger partial charge is 0.120 e. The Hall–Kier alpha value is -0.730. The van der Waals surface area contributed by atoms with Gasteiger partial charge in [0, 0.05) is 10.6 Å². The van der Waals surface area contributed by atoms with Crippen molar-refractivity contribution in [1.82, 2.24) is 0 Å². The first-order valence-corrected chi connectivity index (χ1v) is 5.91. The molecule has 0 aromatic heterocycles. The van der Waals surface area contributed by atoms with Crippen LogP contribution >= 0.6 is 11.6 Å². The third-order valence-electron chi connectivity index (χ3n) is 2.53. The predicted octanol–water partition coefficient (Wildman–Crippen LogP) is 3.41. The van der Waals surface area contributed by atoms with E-state index in [1.807, 2.05) is 32.0 Å². The topological polar surface area (TPSA) is 35.2 Å². The van der Waals surface area contributed by atoms with Crippen molar-refractivity contribution in [3.8, 4) is 5.75 Å². The minimum absolute atomic E-state index is 0.0983. The fraction of sp³-hybridized carbons (Fsp3) is 0.538. The molecule has 1 aromatic carbocycles. The normalized spacial score (nSPS) is 11.6. The second-order valence-electron chi connectivity index (χ2n) is 4.80. The molecule has 0 unspecified atom stereocenters. The molecule has 0 aliphatic carbocycles. The fourth-order valence-electron chi connectivity index (χ4n) is 1.59. The van der Waals surface area contributed by atoms with Gasteiger partial charge < -0.3 is 10.5 Å². The van der Waals surface area contributed by atoms with Crippen molar-refractivity contribution in [2.45, 2.75) is 38.6 Å². The van der Waals surface area contributed by atoms with Crippen LogP contribution in [0.1, 0.15) is 32.3 Å². The van der Waals surface area contributed by atoms with Gasteiger partial charge in [-0.1, -0.05) is 17.7 Å². The Balaban J connectivity index is 2.55. The largest absolute Gasteiger partial charge is 0.497 e. The molecular formula is C13H20ClNO. The molecule has 1 aromatic rings. The molecule has 2 N–H and O–H groups in total. The molecule has 0 saturated carbocycles. The van der Waals surface area contributed by atoms with Gasteiger partial charge in [-0.25, -0.2) is 0 Å². The lowest BCUT2D eigenvalue weighted by Gasteiger charge is -2.18. The molecular weight excluding hydrogens is 222 g/mol. The van der Waals surface area contributed by atoms with Crippen molar-refractivity contribution in [3.05, 3.63) is 28.8 Å². The number of nitrogens with two attached hydrogens (primary N) is 1. The lowest BCUT2D eigenvalue weighted by Crippen LogP contribution is -2.31. The summed E-state index contributed by atoms with van der Waals surface area (Å²) < 4.78 is 5.10. The van der Waals surface area contributed by atoms with Gasteiger partial charge in [-0.05, 0) is 50.8 Å². The molecule has 3 heteroatoms. The number of hydrogen-bond acceptors (Lipinski definition) is 2. The summed E-state index contributed by atoms with van der Waals surface area (Å²) in [7, 11) is 1.64. The van der Waals surface area contributed by atoms with Gasteiger partial charge in [0.2, 0.25) is 0 Å². The summed E-state index contributed by atoms with van der Waals surface area (Å²) in [6.07, 6.45) is 3.01. The second kappa shape index (κ2) is 5.55. The minimum atomic E-state index is -0.0983. The molecule has 0 heterocycles. The maximum absolute atomic E-state index is 6.15. The van der Waals surface area contributed by atoms with Crippen LogP contribution in [0.4, 0.5) is 0 Å². The molecule has 0 spiro atoms. The number of ether oxygens (including phenoxy) is 1. The maximum Gasteiger partial charge on any atom is 0.120 e. The zero-order valence-corrected chi connectivity index (χ0v) is 11.0. The summed E-state index contributed by atoms with van der Waals surface area (Å²) in [4.78, 5) is 0. The molecule has 0 radical (unpaired) electrons. The first-order chi connectivity index (χ1) is 7.42. The summed E-state index contributed by atoms with van der Waals surface area (Å²) in [5.74, 6) is 0.799. The van der Waals surface area contributed by atoms with Crippen molar-refractivity contribution in [2.24, 2.45) is 5.73 Å². The molecule has 90 valence electrons. The van der Waals surface area contributed by atoms with E-state index in [1.165, 1.54) is 0 Å². The van der Waals surface area contributed by atoms with E-state index < -0.39 is 0 Å². The van der Waals surface area contributed by atoms with E-state index in [0.717, 1.165) is 35.6 Å². The first kappa shape index (κ1) is 13.3. The molecule has 0 aliphatic rings. The van der Waals surface area contributed by atoms with Gasteiger partial charge in [-0.3, -0.25) is 0 Å². The summed E-state index contributed by atoms with van der Waals surface area (Å²) >= 11 is 6.15. The Morgan fingerprint density at radius 1 is 1.38 bits per heavy atom. The van der Waals surface area contributed by atoms with Crippen LogP contribution in [0.2, 0.25) is 5.02 Å². The van der Waals surface area contributed by atoms with E-state index in [4.69, 9.17) is 22.1 Å². The van der Waals surface area contributed by atoms with Crippen LogP contribution in [0.15, 0.2) is 18.2 Å². The highest BCUT2D eigenvalue weighted by Crippen LogP contribution is 2.24. The van der Waals surface area contributed by atoms with Gasteiger partial charge in [0.05, 0.1) is 7.11 Å². The second-order valence-corrected chi connectivity index (χ2v) is 5.21. The highest BCUT2D eigenvalue weighted by Gasteiger charge is 2.10. The van der Waals surface area contributed by atoms with E-state index in [9.17, 15) is 0 Å². The number of benzene rings is 1. The molecule has 0 fully saturated rings. The average molecular weight is 242 g/mol. The zero-order chi connectivity index (χ0) is 12.2. The highest BCUT2D eigenvalue weighted by atomic mass is 35.5. The van der Waals surface area contributed by atoms with Crippen LogP contribution < -0.4 is 10.5 Å². The van der Waals surface area contributed by atoms with Crippen LogP contribution in [0, 0.1) is 0 Å². The summed E-state index contributed by atoms with van der Waals surface area (Å²) in [5.41, 5.74) is 6.99. The Kier molecular flexibility index (Phi) is 4.63. The molecule has 16 heavy (non-hydrogen) atoms. The monoisotopic (exact) mass is 241 g/mol. The Labute approximate surface area is 103 Å². The predicted molar refractivity (Wildman–Crippen MR) is 69.2 cm³/mol. The van der Waals surface area contributed by atoms with Gasteiger partial charge in [-0.2, -0.15) is 0 Å². The zero-order valence-electron chi connectivity index (χ0n) is 10.2. The van der Waals surface area contributed by atoms with Crippen LogP contribution in [-0.4, -0.2) is 12.6 Å². The van der Waals surface area contributed by atoms with Gasteiger partial charge in [0.15, 0.2) is 0 Å². The average Bonchev–Trinajstić information content (AvgIpc) is 2.18. The van der Waals surface area contributed by atoms with Gasteiger partial charge >= 0.3 is 0 Å². The molecule has 2 nitrogen and oxygen atoms in total. The van der Waals surface area contributed by atoms with E-state index in [2.05, 4.69) is 0 Å². The Morgan fingerprint density at radius 3 is 2.56 bits per heavy atom. The molecule has 1 rings (SSSR count). The summed E-state index contributed by atoms with van der Waals surface area (Å²) in [6, 6.07) is 5.81. The van der Waals surface area contributed by atoms with Gasteiger partial charge in [0.25, 0.3) is 0 Å². The van der Waals surface area contributed by atoms with E-state index in [1.54, 1.807) is 7.11 Å². The number of hydrogen-bond donors (Lipinski definition) is 1. The van der Waals surface area contributed by atoms with Crippen molar-refractivity contribution < 1.29 is 4.74 Å². The number of aryl methyl sites for hydroxylation is 1. The number of halogens is 1. The molecule has 0 aliphatic heterocycles. The van der Waals surface area contributed by atoms with Crippen molar-refractivity contribution >= 4 is 11.6 Å². The Bertz CT molecular complexity index is 344.